The molecule has 0 radical (unpaired) electrons. The van der Waals surface area contributed by atoms with Crippen LogP contribution in [0.15, 0.2) is 36.2 Å². The maximum absolute atomic E-state index is 11.3. The van der Waals surface area contributed by atoms with Crippen LogP contribution >= 0.6 is 0 Å². The van der Waals surface area contributed by atoms with Crippen LogP contribution in [-0.2, 0) is 4.79 Å². The van der Waals surface area contributed by atoms with Gasteiger partial charge in [0, 0.05) is 24.5 Å². The molecule has 0 spiro atoms. The highest BCUT2D eigenvalue weighted by Gasteiger charge is 2.01. The van der Waals surface area contributed by atoms with Crippen molar-refractivity contribution in [2.75, 3.05) is 12.0 Å². The number of nitrogens with one attached hydrogen (secondary N) is 1. The van der Waals surface area contributed by atoms with Crippen LogP contribution in [-0.4, -0.2) is 17.1 Å². The Labute approximate surface area is 77.0 Å². The van der Waals surface area contributed by atoms with Crippen LogP contribution in [0, 0.1) is 0 Å². The minimum Gasteiger partial charge on any atom is -0.327 e. The minimum atomic E-state index is -0.137. The molecule has 0 saturated heterocycles. The second-order valence-electron chi connectivity index (χ2n) is 2.65. The number of carbonyl (C=O) groups excluding carboxylic acids is 1. The van der Waals surface area contributed by atoms with E-state index in [-0.39, 0.29) is 5.91 Å². The van der Waals surface area contributed by atoms with Crippen molar-refractivity contribution in [3.05, 3.63) is 36.2 Å². The third-order valence-electron chi connectivity index (χ3n) is 1.62. The van der Waals surface area contributed by atoms with E-state index in [9.17, 15) is 4.79 Å². The van der Waals surface area contributed by atoms with E-state index in [0.717, 1.165) is 0 Å². The van der Waals surface area contributed by atoms with Gasteiger partial charge in [0.15, 0.2) is 0 Å². The van der Waals surface area contributed by atoms with Gasteiger partial charge in [-0.15, -0.1) is 0 Å². The van der Waals surface area contributed by atoms with E-state index in [2.05, 4.69) is 5.43 Å². The van der Waals surface area contributed by atoms with Crippen molar-refractivity contribution in [3.8, 4) is 0 Å². The number of carbonyl (C=O) groups is 1. The van der Waals surface area contributed by atoms with Crippen LogP contribution in [0.5, 0.6) is 0 Å². The molecule has 1 rings (SSSR count). The molecular formula is C9H13N3O. The Bertz CT molecular complexity index is 301. The third-order valence-corrected chi connectivity index (χ3v) is 1.62. The number of hydrogen-bond donors (Lipinski definition) is 2. The summed E-state index contributed by atoms with van der Waals surface area (Å²) < 4.78 is 1.59. The van der Waals surface area contributed by atoms with E-state index in [4.69, 9.17) is 5.73 Å². The molecule has 0 unspecified atom stereocenters. The molecule has 0 bridgehead atoms. The van der Waals surface area contributed by atoms with Gasteiger partial charge < -0.3 is 5.73 Å². The zero-order chi connectivity index (χ0) is 9.68. The highest BCUT2D eigenvalue weighted by atomic mass is 16.2. The first kappa shape index (κ1) is 9.54. The van der Waals surface area contributed by atoms with Crippen molar-refractivity contribution >= 4 is 5.91 Å². The summed E-state index contributed by atoms with van der Waals surface area (Å²) in [7, 11) is 0. The normalized spacial score (nSPS) is 11.4. The molecule has 3 N–H and O–H groups in total. The van der Waals surface area contributed by atoms with Crippen LogP contribution in [0.4, 0.5) is 0 Å². The zero-order valence-electron chi connectivity index (χ0n) is 7.53. The predicted octanol–water partition coefficient (Wildman–Crippen LogP) is 0.463. The minimum absolute atomic E-state index is 0.137. The van der Waals surface area contributed by atoms with E-state index in [1.807, 2.05) is 12.1 Å². The number of hydrogen-bond acceptors (Lipinski definition) is 2. The Hall–Kier alpha value is -1.55. The molecule has 0 aliphatic heterocycles. The lowest BCUT2D eigenvalue weighted by atomic mass is 10.3. The van der Waals surface area contributed by atoms with Crippen LogP contribution in [0.25, 0.3) is 0 Å². The van der Waals surface area contributed by atoms with Gasteiger partial charge in [-0.2, -0.15) is 0 Å². The van der Waals surface area contributed by atoms with Crippen molar-refractivity contribution in [1.29, 1.82) is 0 Å². The number of nitrogens with two attached hydrogens (primary N) is 1. The van der Waals surface area contributed by atoms with Gasteiger partial charge in [-0.25, -0.2) is 0 Å². The fourth-order valence-corrected chi connectivity index (χ4v) is 0.884. The fourth-order valence-electron chi connectivity index (χ4n) is 0.884. The second kappa shape index (κ2) is 4.47. The summed E-state index contributed by atoms with van der Waals surface area (Å²) in [6, 6.07) is 3.67. The van der Waals surface area contributed by atoms with Crippen molar-refractivity contribution in [2.45, 2.75) is 6.92 Å². The molecule has 0 atom stereocenters. The molecule has 70 valence electrons. The van der Waals surface area contributed by atoms with Crippen LogP contribution in [0.2, 0.25) is 0 Å². The average molecular weight is 179 g/mol. The molecule has 4 heteroatoms. The topological polar surface area (TPSA) is 60.1 Å². The Morgan fingerprint density at radius 3 is 2.69 bits per heavy atom. The fraction of sp³-hybridized carbons (Fsp3) is 0.222. The van der Waals surface area contributed by atoms with Gasteiger partial charge in [0.1, 0.15) is 0 Å². The summed E-state index contributed by atoms with van der Waals surface area (Å²) >= 11 is 0. The maximum Gasteiger partial charge on any atom is 0.265 e. The average Bonchev–Trinajstić information content (AvgIpc) is 2.57. The standard InChI is InChI=1S/C9H13N3O/c1-8(4-5-10)9(13)11-12-6-2-3-7-12/h2-4,6-7H,5,10H2,1H3,(H,11,13)/b8-4-. The molecule has 1 aromatic rings. The monoisotopic (exact) mass is 179 g/mol. The van der Waals surface area contributed by atoms with E-state index in [1.54, 1.807) is 30.1 Å². The second-order valence-corrected chi connectivity index (χ2v) is 2.65. The van der Waals surface area contributed by atoms with E-state index in [1.165, 1.54) is 0 Å². The number of amides is 1. The van der Waals surface area contributed by atoms with Gasteiger partial charge in [0.05, 0.1) is 0 Å². The predicted molar refractivity (Wildman–Crippen MR) is 51.6 cm³/mol. The molecule has 0 aliphatic carbocycles. The van der Waals surface area contributed by atoms with Crippen molar-refractivity contribution < 1.29 is 4.79 Å². The Kier molecular flexibility index (Phi) is 3.28. The lowest BCUT2D eigenvalue weighted by Gasteiger charge is -2.05. The smallest absolute Gasteiger partial charge is 0.265 e. The van der Waals surface area contributed by atoms with Crippen molar-refractivity contribution in [3.63, 3.8) is 0 Å². The Morgan fingerprint density at radius 1 is 1.54 bits per heavy atom. The summed E-state index contributed by atoms with van der Waals surface area (Å²) in [6.45, 7) is 2.11. The first-order valence-electron chi connectivity index (χ1n) is 4.05. The van der Waals surface area contributed by atoms with Crippen LogP contribution in [0.1, 0.15) is 6.92 Å². The molecular weight excluding hydrogens is 166 g/mol. The highest BCUT2D eigenvalue weighted by Crippen LogP contribution is 1.93. The van der Waals surface area contributed by atoms with Crippen molar-refractivity contribution in [2.24, 2.45) is 5.73 Å². The van der Waals surface area contributed by atoms with Gasteiger partial charge >= 0.3 is 0 Å². The maximum atomic E-state index is 11.3. The van der Waals surface area contributed by atoms with Crippen molar-refractivity contribution in [1.82, 2.24) is 4.68 Å². The molecule has 4 nitrogen and oxygen atoms in total. The highest BCUT2D eigenvalue weighted by molar-refractivity contribution is 5.98. The molecule has 1 heterocycles. The molecule has 1 amide bonds. The summed E-state index contributed by atoms with van der Waals surface area (Å²) in [5.41, 5.74) is 8.56. The quantitative estimate of drug-likeness (QED) is 0.662. The van der Waals surface area contributed by atoms with Gasteiger partial charge in [-0.05, 0) is 19.1 Å². The molecule has 1 aromatic heterocycles. The largest absolute Gasteiger partial charge is 0.327 e. The SMILES string of the molecule is C/C(=C/CN)C(=O)Nn1cccc1. The molecule has 0 aliphatic rings. The van der Waals surface area contributed by atoms with E-state index >= 15 is 0 Å². The Morgan fingerprint density at radius 2 is 2.15 bits per heavy atom. The summed E-state index contributed by atoms with van der Waals surface area (Å²) in [6.07, 6.45) is 5.19. The number of rotatable bonds is 3. The zero-order valence-corrected chi connectivity index (χ0v) is 7.53. The first-order chi connectivity index (χ1) is 6.24. The first-order valence-corrected chi connectivity index (χ1v) is 4.05. The van der Waals surface area contributed by atoms with Gasteiger partial charge in [-0.3, -0.25) is 14.9 Å². The van der Waals surface area contributed by atoms with Gasteiger partial charge in [0.2, 0.25) is 0 Å². The molecule has 0 aromatic carbocycles. The summed E-state index contributed by atoms with van der Waals surface area (Å²) in [5, 5.41) is 0. The molecule has 0 saturated carbocycles. The molecule has 13 heavy (non-hydrogen) atoms. The lowest BCUT2D eigenvalue weighted by molar-refractivity contribution is -0.113. The molecule has 0 fully saturated rings. The summed E-state index contributed by atoms with van der Waals surface area (Å²) in [4.78, 5) is 11.3. The number of nitrogens with zero attached hydrogens (tertiary/aromatic N) is 1. The van der Waals surface area contributed by atoms with Gasteiger partial charge in [-0.1, -0.05) is 6.08 Å². The van der Waals surface area contributed by atoms with E-state index in [0.29, 0.717) is 12.1 Å². The summed E-state index contributed by atoms with van der Waals surface area (Å²) in [5.74, 6) is -0.137. The third kappa shape index (κ3) is 2.76. The number of aromatic nitrogens is 1. The van der Waals surface area contributed by atoms with Gasteiger partial charge in [0.25, 0.3) is 5.91 Å². The van der Waals surface area contributed by atoms with Crippen LogP contribution < -0.4 is 11.2 Å². The van der Waals surface area contributed by atoms with E-state index < -0.39 is 0 Å². The lowest BCUT2D eigenvalue weighted by Crippen LogP contribution is -2.22. The van der Waals surface area contributed by atoms with Crippen LogP contribution in [0.3, 0.4) is 0 Å². The Balaban J connectivity index is 2.56.